The fraction of sp³-hybridized carbons (Fsp3) is 0.471. The molecule has 11 heteroatoms. The van der Waals surface area contributed by atoms with Gasteiger partial charge in [-0.05, 0) is 30.5 Å². The molecule has 1 aromatic heterocycles. The van der Waals surface area contributed by atoms with Crippen LogP contribution in [0.3, 0.4) is 0 Å². The summed E-state index contributed by atoms with van der Waals surface area (Å²) < 4.78 is 57.3. The number of benzene rings is 1. The highest BCUT2D eigenvalue weighted by Crippen LogP contribution is 2.53. The lowest BCUT2D eigenvalue weighted by Gasteiger charge is -2.17. The maximum absolute atomic E-state index is 13.0. The van der Waals surface area contributed by atoms with Crippen molar-refractivity contribution in [3.05, 3.63) is 35.1 Å². The number of esters is 1. The van der Waals surface area contributed by atoms with E-state index in [4.69, 9.17) is 22.1 Å². The number of carbonyl (C=O) groups is 1. The Morgan fingerprint density at radius 1 is 1.32 bits per heavy atom. The van der Waals surface area contributed by atoms with Crippen molar-refractivity contribution in [1.82, 2.24) is 14.8 Å². The van der Waals surface area contributed by atoms with E-state index < -0.39 is 30.4 Å². The highest BCUT2D eigenvalue weighted by molar-refractivity contribution is 6.33. The molecular formula is C17H17ClF4N4O2. The van der Waals surface area contributed by atoms with Crippen molar-refractivity contribution >= 4 is 17.6 Å². The Bertz CT molecular complexity index is 857. The fourth-order valence-corrected chi connectivity index (χ4v) is 2.98. The van der Waals surface area contributed by atoms with Crippen LogP contribution in [0.5, 0.6) is 0 Å². The van der Waals surface area contributed by atoms with Gasteiger partial charge in [0.25, 0.3) is 0 Å². The van der Waals surface area contributed by atoms with Crippen LogP contribution in [0.4, 0.5) is 17.6 Å². The molecule has 0 spiro atoms. The van der Waals surface area contributed by atoms with Crippen molar-refractivity contribution in [3.63, 3.8) is 0 Å². The largest absolute Gasteiger partial charge is 0.464 e. The van der Waals surface area contributed by atoms with Crippen LogP contribution in [0, 0.1) is 5.41 Å². The van der Waals surface area contributed by atoms with Gasteiger partial charge in [0, 0.05) is 11.0 Å². The smallest absolute Gasteiger partial charge is 0.335 e. The number of ether oxygens (including phenoxy) is 1. The molecule has 1 aliphatic rings. The Labute approximate surface area is 162 Å². The van der Waals surface area contributed by atoms with Gasteiger partial charge >= 0.3 is 12.5 Å². The van der Waals surface area contributed by atoms with Gasteiger partial charge in [0.05, 0.1) is 17.5 Å². The third-order valence-corrected chi connectivity index (χ3v) is 5.02. The molecule has 1 aliphatic carbocycles. The molecule has 28 heavy (non-hydrogen) atoms. The molecule has 1 aromatic carbocycles. The van der Waals surface area contributed by atoms with E-state index >= 15 is 0 Å². The van der Waals surface area contributed by atoms with E-state index in [9.17, 15) is 22.4 Å². The maximum Gasteiger partial charge on any atom is 0.335 e. The van der Waals surface area contributed by atoms with Gasteiger partial charge in [-0.3, -0.25) is 4.79 Å². The number of hydrogen-bond acceptors (Lipinski definition) is 5. The van der Waals surface area contributed by atoms with E-state index in [2.05, 4.69) is 10.1 Å². The van der Waals surface area contributed by atoms with Crippen molar-refractivity contribution in [2.75, 3.05) is 6.61 Å². The topological polar surface area (TPSA) is 83.0 Å². The van der Waals surface area contributed by atoms with Crippen molar-refractivity contribution in [2.45, 2.75) is 38.3 Å². The summed E-state index contributed by atoms with van der Waals surface area (Å²) in [7, 11) is 0. The Morgan fingerprint density at radius 3 is 2.64 bits per heavy atom. The summed E-state index contributed by atoms with van der Waals surface area (Å²) in [5.74, 6) is -0.890. The number of rotatable bonds is 8. The van der Waals surface area contributed by atoms with E-state index in [1.54, 1.807) is 6.07 Å². The van der Waals surface area contributed by atoms with Crippen molar-refractivity contribution < 1.29 is 27.1 Å². The predicted molar refractivity (Wildman–Crippen MR) is 91.9 cm³/mol. The molecule has 1 heterocycles. The second kappa shape index (κ2) is 8.04. The molecule has 0 saturated heterocycles. The molecule has 3 rings (SSSR count). The van der Waals surface area contributed by atoms with Gasteiger partial charge < -0.3 is 10.5 Å². The lowest BCUT2D eigenvalue weighted by Crippen LogP contribution is -2.23. The van der Waals surface area contributed by atoms with Crippen LogP contribution in [-0.2, 0) is 9.53 Å². The van der Waals surface area contributed by atoms with Crippen LogP contribution in [0.1, 0.15) is 37.4 Å². The first kappa shape index (κ1) is 20.5. The molecule has 0 amide bonds. The van der Waals surface area contributed by atoms with Crippen molar-refractivity contribution in [3.8, 4) is 11.4 Å². The molecular weight excluding hydrogens is 404 g/mol. The monoisotopic (exact) mass is 420 g/mol. The average Bonchev–Trinajstić information content (AvgIpc) is 3.26. The number of alkyl halides is 4. The van der Waals surface area contributed by atoms with E-state index in [1.165, 1.54) is 12.1 Å². The zero-order valence-corrected chi connectivity index (χ0v) is 15.3. The normalized spacial score (nSPS) is 16.4. The Morgan fingerprint density at radius 2 is 2.04 bits per heavy atom. The van der Waals surface area contributed by atoms with Crippen molar-refractivity contribution in [1.29, 1.82) is 0 Å². The second-order valence-electron chi connectivity index (χ2n) is 6.67. The van der Waals surface area contributed by atoms with E-state index in [0.29, 0.717) is 10.2 Å². The molecule has 0 unspecified atom stereocenters. The summed E-state index contributed by atoms with van der Waals surface area (Å²) in [5, 5.41) is 3.62. The number of aromatic nitrogens is 3. The molecule has 1 atom stereocenters. The molecule has 1 fully saturated rings. The highest BCUT2D eigenvalue weighted by Gasteiger charge is 2.52. The van der Waals surface area contributed by atoms with Gasteiger partial charge in [-0.2, -0.15) is 18.6 Å². The molecule has 0 bridgehead atoms. The summed E-state index contributed by atoms with van der Waals surface area (Å²) in [4.78, 5) is 15.6. The summed E-state index contributed by atoms with van der Waals surface area (Å²) in [6, 6.07) is 3.65. The van der Waals surface area contributed by atoms with Crippen LogP contribution in [0.25, 0.3) is 11.4 Å². The maximum atomic E-state index is 13.0. The van der Waals surface area contributed by atoms with Crippen molar-refractivity contribution in [2.24, 2.45) is 11.1 Å². The standard InChI is InChI=1S/C17H17ClF4N4O2/c18-11-2-1-9(5-10(11)14-24-8-25-26(14)16(21)22)12(23)7-28-13(27)6-17(3-4-17)15(19)20/h1-2,5,8,12,15-16H,3-4,6-7,23H2/t12-/m1/s1. The first-order chi connectivity index (χ1) is 13.2. The lowest BCUT2D eigenvalue weighted by atomic mass is 10.0. The molecule has 2 aromatic rings. The Balaban J connectivity index is 1.68. The van der Waals surface area contributed by atoms with Crippen LogP contribution in [-0.4, -0.2) is 33.8 Å². The zero-order valence-electron chi connectivity index (χ0n) is 14.5. The lowest BCUT2D eigenvalue weighted by molar-refractivity contribution is -0.147. The molecule has 1 saturated carbocycles. The van der Waals surface area contributed by atoms with Crippen LogP contribution in [0.15, 0.2) is 24.5 Å². The molecule has 0 radical (unpaired) electrons. The van der Waals surface area contributed by atoms with E-state index in [-0.39, 0.29) is 42.3 Å². The third kappa shape index (κ3) is 4.27. The number of hydrogen-bond donors (Lipinski definition) is 1. The molecule has 0 aliphatic heterocycles. The van der Waals surface area contributed by atoms with Gasteiger partial charge in [0.2, 0.25) is 6.43 Å². The summed E-state index contributed by atoms with van der Waals surface area (Å²) >= 11 is 6.08. The first-order valence-corrected chi connectivity index (χ1v) is 8.78. The number of nitrogens with two attached hydrogens (primary N) is 1. The minimum Gasteiger partial charge on any atom is -0.464 e. The van der Waals surface area contributed by atoms with Crippen LogP contribution in [0.2, 0.25) is 5.02 Å². The van der Waals surface area contributed by atoms with E-state index in [0.717, 1.165) is 6.33 Å². The minimum absolute atomic E-state index is 0.140. The molecule has 152 valence electrons. The summed E-state index contributed by atoms with van der Waals surface area (Å²) in [5.41, 5.74) is 5.36. The van der Waals surface area contributed by atoms with Gasteiger partial charge in [-0.15, -0.1) is 0 Å². The first-order valence-electron chi connectivity index (χ1n) is 8.40. The van der Waals surface area contributed by atoms with Gasteiger partial charge in [0.15, 0.2) is 5.82 Å². The number of halogens is 5. The van der Waals surface area contributed by atoms with Gasteiger partial charge in [0.1, 0.15) is 12.9 Å². The average molecular weight is 421 g/mol. The van der Waals surface area contributed by atoms with E-state index in [1.807, 2.05) is 0 Å². The van der Waals surface area contributed by atoms with Crippen LogP contribution >= 0.6 is 11.6 Å². The Hall–Kier alpha value is -2.20. The second-order valence-corrected chi connectivity index (χ2v) is 7.08. The zero-order chi connectivity index (χ0) is 20.5. The predicted octanol–water partition coefficient (Wildman–Crippen LogP) is 3.97. The number of nitrogens with zero attached hydrogens (tertiary/aromatic N) is 3. The highest BCUT2D eigenvalue weighted by atomic mass is 35.5. The SMILES string of the molecule is N[C@H](COC(=O)CC1(C(F)F)CC1)c1ccc(Cl)c(-c2ncnn2C(F)F)c1. The summed E-state index contributed by atoms with van der Waals surface area (Å²) in [6.45, 7) is -3.16. The van der Waals surface area contributed by atoms with Gasteiger partial charge in [-0.25, -0.2) is 13.8 Å². The molecule has 2 N–H and O–H groups in total. The van der Waals surface area contributed by atoms with Gasteiger partial charge in [-0.1, -0.05) is 17.7 Å². The third-order valence-electron chi connectivity index (χ3n) is 4.69. The van der Waals surface area contributed by atoms with Crippen LogP contribution < -0.4 is 5.73 Å². The fourth-order valence-electron chi connectivity index (χ4n) is 2.78. The Kier molecular flexibility index (Phi) is 5.90. The summed E-state index contributed by atoms with van der Waals surface area (Å²) in [6.07, 6.45) is -1.38. The molecule has 6 nitrogen and oxygen atoms in total. The number of carbonyl (C=O) groups excluding carboxylic acids is 1. The minimum atomic E-state index is -2.91. The quantitative estimate of drug-likeness (QED) is 0.516.